The maximum atomic E-state index is 11.8. The van der Waals surface area contributed by atoms with Gasteiger partial charge >= 0.3 is 0 Å². The molecule has 22 heavy (non-hydrogen) atoms. The second-order valence-corrected chi connectivity index (χ2v) is 6.92. The van der Waals surface area contributed by atoms with E-state index in [4.69, 9.17) is 5.14 Å². The number of hydrogen-bond acceptors (Lipinski definition) is 3. The Balaban J connectivity index is 2.01. The molecule has 114 valence electrons. The molecule has 0 unspecified atom stereocenters. The Morgan fingerprint density at radius 3 is 2.18 bits per heavy atom. The topological polar surface area (TPSA) is 89.3 Å². The quantitative estimate of drug-likeness (QED) is 0.799. The first-order valence-electron chi connectivity index (χ1n) is 6.22. The molecule has 0 aliphatic carbocycles. The summed E-state index contributed by atoms with van der Waals surface area (Å²) in [4.78, 5) is 11.8. The van der Waals surface area contributed by atoms with Gasteiger partial charge in [-0.25, -0.2) is 13.6 Å². The van der Waals surface area contributed by atoms with Crippen molar-refractivity contribution in [3.8, 4) is 0 Å². The standard InChI is InChI=1S/C15H13BrN2O3S/c16-12-4-1-11(2-5-12)3-10-15(19)18-13-6-8-14(9-7-13)22(17,20)21/h1-10H,(H,18,19)(H2,17,20,21)/b10-3-. The van der Waals surface area contributed by atoms with Crippen LogP contribution in [0.4, 0.5) is 5.69 Å². The Morgan fingerprint density at radius 1 is 1.05 bits per heavy atom. The highest BCUT2D eigenvalue weighted by Crippen LogP contribution is 2.14. The van der Waals surface area contributed by atoms with Crippen molar-refractivity contribution in [1.82, 2.24) is 0 Å². The molecule has 0 spiro atoms. The van der Waals surface area contributed by atoms with Crippen molar-refractivity contribution in [2.45, 2.75) is 4.90 Å². The number of anilines is 1. The summed E-state index contributed by atoms with van der Waals surface area (Å²) in [5.41, 5.74) is 1.38. The first kappa shape index (κ1) is 16.4. The highest BCUT2D eigenvalue weighted by molar-refractivity contribution is 9.10. The van der Waals surface area contributed by atoms with Gasteiger partial charge < -0.3 is 5.32 Å². The molecule has 0 aliphatic heterocycles. The van der Waals surface area contributed by atoms with E-state index < -0.39 is 10.0 Å². The summed E-state index contributed by atoms with van der Waals surface area (Å²) in [6, 6.07) is 13.1. The van der Waals surface area contributed by atoms with Crippen molar-refractivity contribution < 1.29 is 13.2 Å². The van der Waals surface area contributed by atoms with Crippen LogP contribution in [0.25, 0.3) is 6.08 Å². The summed E-state index contributed by atoms with van der Waals surface area (Å²) in [7, 11) is -3.73. The molecule has 0 atom stereocenters. The van der Waals surface area contributed by atoms with Crippen molar-refractivity contribution in [3.05, 3.63) is 64.6 Å². The fourth-order valence-electron chi connectivity index (χ4n) is 1.66. The summed E-state index contributed by atoms with van der Waals surface area (Å²) in [6.07, 6.45) is 3.08. The maximum absolute atomic E-state index is 11.8. The number of sulfonamides is 1. The molecular weight excluding hydrogens is 368 g/mol. The van der Waals surface area contributed by atoms with Crippen molar-refractivity contribution >= 4 is 43.6 Å². The Bertz CT molecular complexity index is 798. The third-order valence-corrected chi connectivity index (χ3v) is 4.21. The fraction of sp³-hybridized carbons (Fsp3) is 0. The number of nitrogens with two attached hydrogens (primary N) is 1. The molecule has 0 bridgehead atoms. The first-order chi connectivity index (χ1) is 10.3. The van der Waals surface area contributed by atoms with E-state index in [2.05, 4.69) is 21.2 Å². The van der Waals surface area contributed by atoms with Gasteiger partial charge in [0.2, 0.25) is 15.9 Å². The van der Waals surface area contributed by atoms with Crippen molar-refractivity contribution in [2.24, 2.45) is 5.14 Å². The Morgan fingerprint density at radius 2 is 1.64 bits per heavy atom. The van der Waals surface area contributed by atoms with Crippen molar-refractivity contribution in [3.63, 3.8) is 0 Å². The number of amides is 1. The molecule has 2 aromatic rings. The zero-order valence-corrected chi connectivity index (χ0v) is 13.8. The zero-order valence-electron chi connectivity index (χ0n) is 11.4. The second kappa shape index (κ2) is 6.87. The molecule has 0 fully saturated rings. The molecule has 0 saturated carbocycles. The van der Waals surface area contributed by atoms with Crippen LogP contribution in [0.3, 0.4) is 0 Å². The van der Waals surface area contributed by atoms with Gasteiger partial charge in [-0.15, -0.1) is 0 Å². The highest BCUT2D eigenvalue weighted by atomic mass is 79.9. The minimum absolute atomic E-state index is 0.00379. The number of hydrogen-bond donors (Lipinski definition) is 2. The Labute approximate surface area is 137 Å². The largest absolute Gasteiger partial charge is 0.323 e. The minimum atomic E-state index is -3.73. The van der Waals surface area contributed by atoms with E-state index in [0.717, 1.165) is 10.0 Å². The van der Waals surface area contributed by atoms with E-state index in [-0.39, 0.29) is 10.8 Å². The van der Waals surface area contributed by atoms with E-state index in [1.807, 2.05) is 24.3 Å². The van der Waals surface area contributed by atoms with Gasteiger partial charge in [-0.2, -0.15) is 0 Å². The van der Waals surface area contributed by atoms with Gasteiger partial charge in [-0.1, -0.05) is 28.1 Å². The van der Waals surface area contributed by atoms with Gasteiger partial charge in [-0.3, -0.25) is 4.79 Å². The van der Waals surface area contributed by atoms with E-state index in [1.165, 1.54) is 30.3 Å². The van der Waals surface area contributed by atoms with E-state index in [0.29, 0.717) is 5.69 Å². The lowest BCUT2D eigenvalue weighted by Gasteiger charge is -2.03. The molecule has 1 amide bonds. The fourth-order valence-corrected chi connectivity index (χ4v) is 2.44. The lowest BCUT2D eigenvalue weighted by Crippen LogP contribution is -2.12. The van der Waals surface area contributed by atoms with Crippen molar-refractivity contribution in [2.75, 3.05) is 5.32 Å². The molecule has 0 aromatic heterocycles. The maximum Gasteiger partial charge on any atom is 0.248 e. The van der Waals surface area contributed by atoms with Crippen LogP contribution in [0.5, 0.6) is 0 Å². The average molecular weight is 381 g/mol. The smallest absolute Gasteiger partial charge is 0.248 e. The van der Waals surface area contributed by atoms with Gasteiger partial charge in [0.1, 0.15) is 0 Å². The third-order valence-electron chi connectivity index (χ3n) is 2.75. The van der Waals surface area contributed by atoms with Crippen LogP contribution in [0.2, 0.25) is 0 Å². The summed E-state index contributed by atoms with van der Waals surface area (Å²) in [5.74, 6) is -0.314. The van der Waals surface area contributed by atoms with Gasteiger partial charge in [0.25, 0.3) is 0 Å². The first-order valence-corrected chi connectivity index (χ1v) is 8.56. The second-order valence-electron chi connectivity index (χ2n) is 4.44. The molecule has 5 nitrogen and oxygen atoms in total. The lowest BCUT2D eigenvalue weighted by atomic mass is 10.2. The molecule has 2 aromatic carbocycles. The van der Waals surface area contributed by atoms with Crippen LogP contribution < -0.4 is 10.5 Å². The van der Waals surface area contributed by atoms with Crippen LogP contribution >= 0.6 is 15.9 Å². The molecule has 2 rings (SSSR count). The van der Waals surface area contributed by atoms with Crippen molar-refractivity contribution in [1.29, 1.82) is 0 Å². The molecule has 0 radical (unpaired) electrons. The summed E-state index contributed by atoms with van der Waals surface area (Å²) < 4.78 is 23.2. The van der Waals surface area contributed by atoms with Crippen LogP contribution in [0.15, 0.2) is 64.0 Å². The number of carbonyl (C=O) groups is 1. The number of primary sulfonamides is 1. The average Bonchev–Trinajstić information content (AvgIpc) is 2.46. The summed E-state index contributed by atoms with van der Waals surface area (Å²) in [5, 5.41) is 7.63. The number of carbonyl (C=O) groups excluding carboxylic acids is 1. The number of nitrogens with one attached hydrogen (secondary N) is 1. The summed E-state index contributed by atoms with van der Waals surface area (Å²) >= 11 is 3.33. The van der Waals surface area contributed by atoms with Crippen LogP contribution in [0, 0.1) is 0 Å². The molecular formula is C15H13BrN2O3S. The summed E-state index contributed by atoms with van der Waals surface area (Å²) in [6.45, 7) is 0. The number of benzene rings is 2. The number of halogens is 1. The van der Waals surface area contributed by atoms with Gasteiger partial charge in [0.15, 0.2) is 0 Å². The molecule has 7 heteroatoms. The Hall–Kier alpha value is -1.96. The molecule has 0 aliphatic rings. The normalized spacial score (nSPS) is 11.5. The Kier molecular flexibility index (Phi) is 5.12. The third kappa shape index (κ3) is 4.80. The van der Waals surface area contributed by atoms with Gasteiger partial charge in [0, 0.05) is 16.2 Å². The predicted octanol–water partition coefficient (Wildman–Crippen LogP) is 2.75. The van der Waals surface area contributed by atoms with Crippen LogP contribution in [0.1, 0.15) is 5.56 Å². The van der Waals surface area contributed by atoms with Crippen LogP contribution in [-0.4, -0.2) is 14.3 Å². The zero-order chi connectivity index (χ0) is 16.2. The van der Waals surface area contributed by atoms with Gasteiger partial charge in [-0.05, 0) is 48.0 Å². The van der Waals surface area contributed by atoms with E-state index in [9.17, 15) is 13.2 Å². The SMILES string of the molecule is NS(=O)(=O)c1ccc(NC(=O)/C=C\c2ccc(Br)cc2)cc1. The minimum Gasteiger partial charge on any atom is -0.323 e. The molecule has 0 saturated heterocycles. The van der Waals surface area contributed by atoms with Crippen LogP contribution in [-0.2, 0) is 14.8 Å². The van der Waals surface area contributed by atoms with Gasteiger partial charge in [0.05, 0.1) is 4.90 Å². The highest BCUT2D eigenvalue weighted by Gasteiger charge is 2.07. The van der Waals surface area contributed by atoms with E-state index in [1.54, 1.807) is 6.08 Å². The predicted molar refractivity (Wildman–Crippen MR) is 89.6 cm³/mol. The molecule has 3 N–H and O–H groups in total. The number of rotatable bonds is 4. The molecule has 0 heterocycles. The lowest BCUT2D eigenvalue weighted by molar-refractivity contribution is -0.111. The van der Waals surface area contributed by atoms with E-state index >= 15 is 0 Å². The monoisotopic (exact) mass is 380 g/mol.